The lowest BCUT2D eigenvalue weighted by molar-refractivity contribution is 0.0429. The standard InChI is InChI=1S/C16H22ClN3/c1-12-5-6-14-13(9-12)18-15(10-17)20(14)11-16(19(2)3)7-4-8-16/h5-6,9H,4,7-8,10-11H2,1-3H3. The first-order valence-electron chi connectivity index (χ1n) is 7.25. The Bertz CT molecular complexity index is 626. The van der Waals surface area contributed by atoms with Gasteiger partial charge in [-0.3, -0.25) is 0 Å². The van der Waals surface area contributed by atoms with Crippen LogP contribution in [0.5, 0.6) is 0 Å². The molecule has 1 heterocycles. The van der Waals surface area contributed by atoms with E-state index in [0.717, 1.165) is 17.9 Å². The number of aryl methyl sites for hydroxylation is 1. The Balaban J connectivity index is 2.05. The highest BCUT2D eigenvalue weighted by molar-refractivity contribution is 6.16. The summed E-state index contributed by atoms with van der Waals surface area (Å²) in [5.74, 6) is 1.46. The maximum atomic E-state index is 6.12. The van der Waals surface area contributed by atoms with Gasteiger partial charge in [0.1, 0.15) is 5.82 Å². The number of halogens is 1. The molecule has 1 aromatic heterocycles. The van der Waals surface area contributed by atoms with E-state index >= 15 is 0 Å². The highest BCUT2D eigenvalue weighted by Gasteiger charge is 2.40. The summed E-state index contributed by atoms with van der Waals surface area (Å²) in [4.78, 5) is 7.08. The van der Waals surface area contributed by atoms with Crippen molar-refractivity contribution in [1.29, 1.82) is 0 Å². The van der Waals surface area contributed by atoms with Crippen molar-refractivity contribution >= 4 is 22.6 Å². The Morgan fingerprint density at radius 1 is 1.35 bits per heavy atom. The molecule has 0 N–H and O–H groups in total. The average molecular weight is 292 g/mol. The predicted octanol–water partition coefficient (Wildman–Crippen LogP) is 3.57. The predicted molar refractivity (Wildman–Crippen MR) is 84.3 cm³/mol. The van der Waals surface area contributed by atoms with Crippen LogP contribution in [0.3, 0.4) is 0 Å². The third-order valence-electron chi connectivity index (χ3n) is 4.79. The van der Waals surface area contributed by atoms with Crippen molar-refractivity contribution in [1.82, 2.24) is 14.5 Å². The zero-order chi connectivity index (χ0) is 14.3. The van der Waals surface area contributed by atoms with Crippen molar-refractivity contribution in [3.8, 4) is 0 Å². The molecule has 0 aliphatic heterocycles. The minimum atomic E-state index is 0.277. The molecule has 1 aromatic carbocycles. The van der Waals surface area contributed by atoms with Gasteiger partial charge in [-0.1, -0.05) is 6.07 Å². The van der Waals surface area contributed by atoms with Gasteiger partial charge in [-0.15, -0.1) is 11.6 Å². The molecule has 0 saturated heterocycles. The summed E-state index contributed by atoms with van der Waals surface area (Å²) in [6.07, 6.45) is 3.83. The van der Waals surface area contributed by atoms with Crippen molar-refractivity contribution < 1.29 is 0 Å². The highest BCUT2D eigenvalue weighted by atomic mass is 35.5. The van der Waals surface area contributed by atoms with E-state index in [9.17, 15) is 0 Å². The number of imidazole rings is 1. The number of aromatic nitrogens is 2. The Labute approximate surface area is 125 Å². The molecule has 3 nitrogen and oxygen atoms in total. The SMILES string of the molecule is Cc1ccc2c(c1)nc(CCl)n2CC1(N(C)C)CCC1. The van der Waals surface area contributed by atoms with E-state index in [0.29, 0.717) is 5.88 Å². The third-order valence-corrected chi connectivity index (χ3v) is 5.03. The summed E-state index contributed by atoms with van der Waals surface area (Å²) in [7, 11) is 4.37. The van der Waals surface area contributed by atoms with Crippen molar-refractivity contribution in [2.75, 3.05) is 14.1 Å². The molecular weight excluding hydrogens is 270 g/mol. The van der Waals surface area contributed by atoms with E-state index in [4.69, 9.17) is 16.6 Å². The molecule has 0 unspecified atom stereocenters. The van der Waals surface area contributed by atoms with Gasteiger partial charge in [-0.05, 0) is 58.0 Å². The molecule has 1 fully saturated rings. The first-order chi connectivity index (χ1) is 9.55. The fourth-order valence-electron chi connectivity index (χ4n) is 3.19. The summed E-state index contributed by atoms with van der Waals surface area (Å²) < 4.78 is 2.32. The van der Waals surface area contributed by atoms with Crippen LogP contribution in [0.4, 0.5) is 0 Å². The number of likely N-dealkylation sites (N-methyl/N-ethyl adjacent to an activating group) is 1. The Morgan fingerprint density at radius 3 is 2.65 bits per heavy atom. The number of hydrogen-bond donors (Lipinski definition) is 0. The normalized spacial score (nSPS) is 17.6. The molecule has 1 aliphatic carbocycles. The van der Waals surface area contributed by atoms with Crippen LogP contribution in [0.1, 0.15) is 30.7 Å². The van der Waals surface area contributed by atoms with E-state index in [1.807, 2.05) is 0 Å². The number of fused-ring (bicyclic) bond motifs is 1. The zero-order valence-electron chi connectivity index (χ0n) is 12.5. The van der Waals surface area contributed by atoms with Crippen LogP contribution in [0, 0.1) is 6.92 Å². The minimum absolute atomic E-state index is 0.277. The van der Waals surface area contributed by atoms with E-state index in [1.165, 1.54) is 30.3 Å². The van der Waals surface area contributed by atoms with Gasteiger partial charge in [0.25, 0.3) is 0 Å². The number of nitrogens with zero attached hydrogens (tertiary/aromatic N) is 3. The second-order valence-corrected chi connectivity index (χ2v) is 6.48. The van der Waals surface area contributed by atoms with Gasteiger partial charge in [-0.25, -0.2) is 4.98 Å². The molecule has 3 rings (SSSR count). The lowest BCUT2D eigenvalue weighted by atomic mass is 9.75. The molecule has 0 radical (unpaired) electrons. The summed E-state index contributed by atoms with van der Waals surface area (Å²) in [6, 6.07) is 6.47. The summed E-state index contributed by atoms with van der Waals surface area (Å²) >= 11 is 6.12. The lowest BCUT2D eigenvalue weighted by Gasteiger charge is -2.47. The summed E-state index contributed by atoms with van der Waals surface area (Å²) in [6.45, 7) is 3.09. The number of rotatable bonds is 4. The fourth-order valence-corrected chi connectivity index (χ4v) is 3.40. The molecule has 20 heavy (non-hydrogen) atoms. The van der Waals surface area contributed by atoms with Crippen LogP contribution in [0.25, 0.3) is 11.0 Å². The Hall–Kier alpha value is -1.06. The second kappa shape index (κ2) is 5.05. The van der Waals surface area contributed by atoms with Gasteiger partial charge in [0.15, 0.2) is 0 Å². The molecule has 0 spiro atoms. The van der Waals surface area contributed by atoms with Crippen molar-refractivity contribution in [2.45, 2.75) is 44.1 Å². The Kier molecular flexibility index (Phi) is 3.51. The molecule has 4 heteroatoms. The smallest absolute Gasteiger partial charge is 0.124 e. The molecular formula is C16H22ClN3. The molecule has 2 aromatic rings. The maximum Gasteiger partial charge on any atom is 0.124 e. The van der Waals surface area contributed by atoms with Crippen LogP contribution >= 0.6 is 11.6 Å². The third kappa shape index (κ3) is 2.13. The number of hydrogen-bond acceptors (Lipinski definition) is 2. The molecule has 0 amide bonds. The van der Waals surface area contributed by atoms with E-state index < -0.39 is 0 Å². The van der Waals surface area contributed by atoms with Crippen LogP contribution in [-0.2, 0) is 12.4 Å². The van der Waals surface area contributed by atoms with Gasteiger partial charge in [0.2, 0.25) is 0 Å². The molecule has 1 saturated carbocycles. The van der Waals surface area contributed by atoms with Gasteiger partial charge in [0, 0.05) is 12.1 Å². The molecule has 108 valence electrons. The summed E-state index contributed by atoms with van der Waals surface area (Å²) in [5.41, 5.74) is 3.79. The molecule has 0 atom stereocenters. The van der Waals surface area contributed by atoms with Crippen LogP contribution < -0.4 is 0 Å². The van der Waals surface area contributed by atoms with Gasteiger partial charge >= 0.3 is 0 Å². The average Bonchev–Trinajstić information content (AvgIpc) is 2.69. The monoisotopic (exact) mass is 291 g/mol. The van der Waals surface area contributed by atoms with Gasteiger partial charge in [0.05, 0.1) is 16.9 Å². The zero-order valence-corrected chi connectivity index (χ0v) is 13.2. The maximum absolute atomic E-state index is 6.12. The Morgan fingerprint density at radius 2 is 2.10 bits per heavy atom. The first-order valence-corrected chi connectivity index (χ1v) is 7.78. The number of benzene rings is 1. The number of alkyl halides is 1. The fraction of sp³-hybridized carbons (Fsp3) is 0.562. The van der Waals surface area contributed by atoms with Crippen LogP contribution in [-0.4, -0.2) is 34.1 Å². The summed E-state index contributed by atoms with van der Waals surface area (Å²) in [5, 5.41) is 0. The molecule has 0 bridgehead atoms. The van der Waals surface area contributed by atoms with E-state index in [2.05, 4.69) is 48.7 Å². The van der Waals surface area contributed by atoms with Crippen molar-refractivity contribution in [3.05, 3.63) is 29.6 Å². The lowest BCUT2D eigenvalue weighted by Crippen LogP contribution is -2.53. The topological polar surface area (TPSA) is 21.1 Å². The van der Waals surface area contributed by atoms with Gasteiger partial charge in [-0.2, -0.15) is 0 Å². The largest absolute Gasteiger partial charge is 0.325 e. The van der Waals surface area contributed by atoms with Crippen molar-refractivity contribution in [2.24, 2.45) is 0 Å². The quantitative estimate of drug-likeness (QED) is 0.803. The van der Waals surface area contributed by atoms with Crippen molar-refractivity contribution in [3.63, 3.8) is 0 Å². The van der Waals surface area contributed by atoms with E-state index in [-0.39, 0.29) is 5.54 Å². The van der Waals surface area contributed by atoms with Gasteiger partial charge < -0.3 is 9.47 Å². The van der Waals surface area contributed by atoms with Crippen LogP contribution in [0.2, 0.25) is 0 Å². The highest BCUT2D eigenvalue weighted by Crippen LogP contribution is 2.38. The first kappa shape index (κ1) is 13.9. The minimum Gasteiger partial charge on any atom is -0.325 e. The second-order valence-electron chi connectivity index (χ2n) is 6.21. The van der Waals surface area contributed by atoms with Crippen LogP contribution in [0.15, 0.2) is 18.2 Å². The van der Waals surface area contributed by atoms with E-state index in [1.54, 1.807) is 0 Å². The molecule has 1 aliphatic rings.